The van der Waals surface area contributed by atoms with Crippen molar-refractivity contribution in [3.05, 3.63) is 29.6 Å². The van der Waals surface area contributed by atoms with Gasteiger partial charge in [0.15, 0.2) is 0 Å². The Morgan fingerprint density at radius 2 is 2.07 bits per heavy atom. The van der Waals surface area contributed by atoms with Crippen molar-refractivity contribution in [3.63, 3.8) is 0 Å². The van der Waals surface area contributed by atoms with Crippen molar-refractivity contribution < 1.29 is 4.39 Å². The molecule has 0 fully saturated rings. The van der Waals surface area contributed by atoms with Crippen molar-refractivity contribution in [2.24, 2.45) is 0 Å². The highest BCUT2D eigenvalue weighted by molar-refractivity contribution is 5.47. The van der Waals surface area contributed by atoms with E-state index in [2.05, 4.69) is 10.2 Å². The van der Waals surface area contributed by atoms with Crippen LogP contribution in [0.15, 0.2) is 18.2 Å². The molecule has 1 rings (SSSR count). The predicted octanol–water partition coefficient (Wildman–Crippen LogP) is 2.11. The molecule has 0 amide bonds. The number of hydrogen-bond donors (Lipinski definition) is 1. The summed E-state index contributed by atoms with van der Waals surface area (Å²) in [6, 6.07) is 5.39. The number of aryl methyl sites for hydroxylation is 1. The van der Waals surface area contributed by atoms with Gasteiger partial charge in [-0.15, -0.1) is 0 Å². The number of hydrogen-bond acceptors (Lipinski definition) is 2. The summed E-state index contributed by atoms with van der Waals surface area (Å²) in [6.45, 7) is 3.42. The molecule has 0 radical (unpaired) electrons. The number of nitrogens with one attached hydrogen (secondary N) is 1. The summed E-state index contributed by atoms with van der Waals surface area (Å²) in [5, 5.41) is 3.07. The van der Waals surface area contributed by atoms with E-state index in [1.807, 2.05) is 20.2 Å². The minimum absolute atomic E-state index is 0.147. The molecule has 0 heterocycles. The Bertz CT molecular complexity index is 297. The molecule has 0 aliphatic carbocycles. The van der Waals surface area contributed by atoms with Crippen LogP contribution in [0.25, 0.3) is 0 Å². The van der Waals surface area contributed by atoms with E-state index in [9.17, 15) is 4.39 Å². The fourth-order valence-corrected chi connectivity index (χ4v) is 1.20. The molecule has 2 nitrogen and oxygen atoms in total. The summed E-state index contributed by atoms with van der Waals surface area (Å²) in [4.78, 5) is 2.06. The fraction of sp³-hybridized carbons (Fsp3) is 0.455. The van der Waals surface area contributed by atoms with E-state index < -0.39 is 0 Å². The number of anilines is 1. The van der Waals surface area contributed by atoms with Crippen LogP contribution >= 0.6 is 0 Å². The maximum Gasteiger partial charge on any atom is 0.149 e. The van der Waals surface area contributed by atoms with Crippen molar-refractivity contribution >= 4 is 5.69 Å². The van der Waals surface area contributed by atoms with Gasteiger partial charge in [0.25, 0.3) is 0 Å². The number of halogens is 1. The highest BCUT2D eigenvalue weighted by atomic mass is 19.1. The van der Waals surface area contributed by atoms with Gasteiger partial charge in [-0.05, 0) is 32.6 Å². The van der Waals surface area contributed by atoms with Gasteiger partial charge >= 0.3 is 0 Å². The Morgan fingerprint density at radius 3 is 2.71 bits per heavy atom. The monoisotopic (exact) mass is 196 g/mol. The average molecular weight is 196 g/mol. The minimum atomic E-state index is -0.147. The molecule has 0 saturated heterocycles. The molecule has 1 N–H and O–H groups in total. The molecule has 14 heavy (non-hydrogen) atoms. The largest absolute Gasteiger partial charge is 0.381 e. The van der Waals surface area contributed by atoms with E-state index in [4.69, 9.17) is 0 Å². The maximum absolute atomic E-state index is 13.4. The van der Waals surface area contributed by atoms with Gasteiger partial charge in [0.05, 0.1) is 5.69 Å². The Morgan fingerprint density at radius 1 is 1.36 bits per heavy atom. The lowest BCUT2D eigenvalue weighted by Crippen LogP contribution is -2.21. The number of likely N-dealkylation sites (N-methyl/N-ethyl adjacent to an activating group) is 1. The van der Waals surface area contributed by atoms with E-state index in [0.29, 0.717) is 11.3 Å². The van der Waals surface area contributed by atoms with Gasteiger partial charge in [0.1, 0.15) is 5.82 Å². The molecule has 78 valence electrons. The van der Waals surface area contributed by atoms with Gasteiger partial charge < -0.3 is 10.2 Å². The van der Waals surface area contributed by atoms with Crippen molar-refractivity contribution in [1.29, 1.82) is 0 Å². The van der Waals surface area contributed by atoms with Gasteiger partial charge in [-0.1, -0.05) is 12.1 Å². The van der Waals surface area contributed by atoms with Crippen LogP contribution in [0.4, 0.5) is 10.1 Å². The van der Waals surface area contributed by atoms with Crippen LogP contribution < -0.4 is 5.32 Å². The maximum atomic E-state index is 13.4. The lowest BCUT2D eigenvalue weighted by molar-refractivity contribution is 0.425. The van der Waals surface area contributed by atoms with Crippen molar-refractivity contribution in [1.82, 2.24) is 4.90 Å². The summed E-state index contributed by atoms with van der Waals surface area (Å²) in [7, 11) is 3.99. The van der Waals surface area contributed by atoms with Crippen LogP contribution in [0, 0.1) is 12.7 Å². The Hall–Kier alpha value is -1.09. The fourth-order valence-electron chi connectivity index (χ4n) is 1.20. The van der Waals surface area contributed by atoms with Crippen LogP contribution in [0.1, 0.15) is 5.56 Å². The second kappa shape index (κ2) is 4.96. The lowest BCUT2D eigenvalue weighted by Gasteiger charge is -2.12. The van der Waals surface area contributed by atoms with E-state index in [1.54, 1.807) is 19.1 Å². The average Bonchev–Trinajstić information content (AvgIpc) is 2.12. The summed E-state index contributed by atoms with van der Waals surface area (Å²) in [5.41, 5.74) is 1.27. The Kier molecular flexibility index (Phi) is 3.89. The zero-order valence-corrected chi connectivity index (χ0v) is 8.97. The molecule has 0 unspecified atom stereocenters. The Labute approximate surface area is 84.7 Å². The van der Waals surface area contributed by atoms with Gasteiger partial charge in [-0.25, -0.2) is 4.39 Å². The first-order valence-electron chi connectivity index (χ1n) is 4.75. The van der Waals surface area contributed by atoms with E-state index >= 15 is 0 Å². The third kappa shape index (κ3) is 3.00. The quantitative estimate of drug-likeness (QED) is 0.793. The second-order valence-corrected chi connectivity index (χ2v) is 3.67. The molecular formula is C11H17FN2. The van der Waals surface area contributed by atoms with Gasteiger partial charge in [-0.2, -0.15) is 0 Å². The molecule has 0 atom stereocenters. The van der Waals surface area contributed by atoms with Crippen LogP contribution in [-0.2, 0) is 0 Å². The molecule has 0 aromatic heterocycles. The van der Waals surface area contributed by atoms with Gasteiger partial charge in [0, 0.05) is 13.1 Å². The highest BCUT2D eigenvalue weighted by Crippen LogP contribution is 2.16. The van der Waals surface area contributed by atoms with E-state index in [-0.39, 0.29) is 5.82 Å². The molecule has 0 aliphatic rings. The molecule has 0 saturated carbocycles. The first kappa shape index (κ1) is 11.0. The first-order chi connectivity index (χ1) is 6.61. The summed E-state index contributed by atoms with van der Waals surface area (Å²) < 4.78 is 13.4. The molecule has 0 aliphatic heterocycles. The number of benzene rings is 1. The summed E-state index contributed by atoms with van der Waals surface area (Å²) >= 11 is 0. The van der Waals surface area contributed by atoms with E-state index in [0.717, 1.165) is 13.1 Å². The third-order valence-electron chi connectivity index (χ3n) is 2.07. The van der Waals surface area contributed by atoms with Crippen molar-refractivity contribution in [2.45, 2.75) is 6.92 Å². The zero-order valence-electron chi connectivity index (χ0n) is 8.97. The van der Waals surface area contributed by atoms with E-state index in [1.165, 1.54) is 0 Å². The third-order valence-corrected chi connectivity index (χ3v) is 2.07. The lowest BCUT2D eigenvalue weighted by atomic mass is 10.2. The first-order valence-corrected chi connectivity index (χ1v) is 4.75. The normalized spacial score (nSPS) is 10.6. The number of nitrogens with zero attached hydrogens (tertiary/aromatic N) is 1. The van der Waals surface area contributed by atoms with Crippen LogP contribution in [-0.4, -0.2) is 32.1 Å². The molecule has 1 aromatic rings. The summed E-state index contributed by atoms with van der Waals surface area (Å²) in [5.74, 6) is -0.147. The van der Waals surface area contributed by atoms with Crippen LogP contribution in [0.2, 0.25) is 0 Å². The SMILES string of the molecule is Cc1cccc(NCCN(C)C)c1F. The Balaban J connectivity index is 2.54. The summed E-state index contributed by atoms with van der Waals surface area (Å²) in [6.07, 6.45) is 0. The molecule has 0 spiro atoms. The van der Waals surface area contributed by atoms with Crippen molar-refractivity contribution in [2.75, 3.05) is 32.5 Å². The molecule has 0 bridgehead atoms. The smallest absolute Gasteiger partial charge is 0.149 e. The van der Waals surface area contributed by atoms with Crippen LogP contribution in [0.3, 0.4) is 0 Å². The van der Waals surface area contributed by atoms with Crippen molar-refractivity contribution in [3.8, 4) is 0 Å². The zero-order chi connectivity index (χ0) is 10.6. The van der Waals surface area contributed by atoms with Gasteiger partial charge in [0.2, 0.25) is 0 Å². The van der Waals surface area contributed by atoms with Crippen LogP contribution in [0.5, 0.6) is 0 Å². The topological polar surface area (TPSA) is 15.3 Å². The number of rotatable bonds is 4. The minimum Gasteiger partial charge on any atom is -0.381 e. The highest BCUT2D eigenvalue weighted by Gasteiger charge is 2.02. The molecule has 1 aromatic carbocycles. The van der Waals surface area contributed by atoms with Gasteiger partial charge in [-0.3, -0.25) is 0 Å². The second-order valence-electron chi connectivity index (χ2n) is 3.67. The predicted molar refractivity (Wildman–Crippen MR) is 58.2 cm³/mol. The standard InChI is InChI=1S/C11H17FN2/c1-9-5-4-6-10(11(9)12)13-7-8-14(2)3/h4-6,13H,7-8H2,1-3H3. The molecule has 3 heteroatoms. The molecular weight excluding hydrogens is 179 g/mol.